The minimum Gasteiger partial charge on any atom is -0.481 e. The molecule has 2 aromatic rings. The Bertz CT molecular complexity index is 1360. The zero-order valence-electron chi connectivity index (χ0n) is 26.2. The van der Waals surface area contributed by atoms with Gasteiger partial charge in [-0.2, -0.15) is 0 Å². The number of likely N-dealkylation sites (N-methyl/N-ethyl adjacent to an activating group) is 1. The van der Waals surface area contributed by atoms with E-state index < -0.39 is 5.97 Å². The lowest BCUT2D eigenvalue weighted by atomic mass is 9.65. The molecule has 4 fully saturated rings. The van der Waals surface area contributed by atoms with Crippen molar-refractivity contribution in [3.05, 3.63) is 40.3 Å². The molecule has 2 saturated carbocycles. The van der Waals surface area contributed by atoms with E-state index in [4.69, 9.17) is 9.82 Å². The van der Waals surface area contributed by atoms with Crippen molar-refractivity contribution in [2.24, 2.45) is 22.9 Å². The summed E-state index contributed by atoms with van der Waals surface area (Å²) in [5, 5.41) is 13.7. The standard InChI is InChI=1S/C34H49N5O4/c1-22-15-23-17-24(16-22)19-27(18-23)38-25-7-6-8-26(38)21-28(20-25)39-31-10-5-4-9-29(31)35-33(34(39)42)30(11-12-32(40)41)36-43-14-13-37(2)3/h4-5,9-10,22-28H,6-8,11-21H2,1-3H3,(H,40,41)/t22?,23?,24?,25-,26+,27?,28?. The first kappa shape index (κ1) is 30.3. The van der Waals surface area contributed by atoms with Crippen molar-refractivity contribution < 1.29 is 14.7 Å². The van der Waals surface area contributed by atoms with Crippen LogP contribution in [-0.4, -0.2) is 81.5 Å². The molecule has 0 amide bonds. The van der Waals surface area contributed by atoms with E-state index in [-0.39, 0.29) is 30.1 Å². The number of benzene rings is 1. The van der Waals surface area contributed by atoms with Gasteiger partial charge in [-0.1, -0.05) is 30.6 Å². The second-order valence-corrected chi connectivity index (χ2v) is 14.2. The quantitative estimate of drug-likeness (QED) is 0.227. The summed E-state index contributed by atoms with van der Waals surface area (Å²) < 4.78 is 1.98. The predicted octanol–water partition coefficient (Wildman–Crippen LogP) is 5.32. The van der Waals surface area contributed by atoms with Gasteiger partial charge in [-0.3, -0.25) is 14.5 Å². The molecule has 4 bridgehead atoms. The van der Waals surface area contributed by atoms with Gasteiger partial charge in [0.2, 0.25) is 0 Å². The molecule has 1 N–H and O–H groups in total. The van der Waals surface area contributed by atoms with Crippen molar-refractivity contribution in [1.82, 2.24) is 19.4 Å². The molecule has 0 spiro atoms. The fourth-order valence-corrected chi connectivity index (χ4v) is 9.07. The predicted molar refractivity (Wildman–Crippen MR) is 168 cm³/mol. The van der Waals surface area contributed by atoms with Crippen molar-refractivity contribution in [2.75, 3.05) is 27.2 Å². The van der Waals surface area contributed by atoms with Gasteiger partial charge in [0, 0.05) is 37.1 Å². The molecule has 3 unspecified atom stereocenters. The lowest BCUT2D eigenvalue weighted by Gasteiger charge is -2.55. The molecule has 0 radical (unpaired) electrons. The van der Waals surface area contributed by atoms with Crippen LogP contribution in [0.4, 0.5) is 0 Å². The molecule has 2 aliphatic carbocycles. The summed E-state index contributed by atoms with van der Waals surface area (Å²) in [5.41, 5.74) is 1.92. The summed E-state index contributed by atoms with van der Waals surface area (Å²) in [6.07, 6.45) is 12.4. The molecule has 9 nitrogen and oxygen atoms in total. The van der Waals surface area contributed by atoms with Crippen LogP contribution >= 0.6 is 0 Å². The highest BCUT2D eigenvalue weighted by Crippen LogP contribution is 2.48. The fourth-order valence-electron chi connectivity index (χ4n) is 9.07. The first-order valence-corrected chi connectivity index (χ1v) is 16.6. The van der Waals surface area contributed by atoms with E-state index in [9.17, 15) is 14.7 Å². The van der Waals surface area contributed by atoms with Gasteiger partial charge in [0.1, 0.15) is 12.3 Å². The van der Waals surface area contributed by atoms with Crippen LogP contribution in [0.1, 0.15) is 95.7 Å². The number of aromatic nitrogens is 2. The van der Waals surface area contributed by atoms with Crippen LogP contribution in [-0.2, 0) is 9.63 Å². The van der Waals surface area contributed by atoms with Crippen LogP contribution in [0, 0.1) is 17.8 Å². The number of carboxylic acids is 1. The Labute approximate surface area is 255 Å². The van der Waals surface area contributed by atoms with Crippen LogP contribution in [0.2, 0.25) is 0 Å². The maximum absolute atomic E-state index is 14.4. The number of para-hydroxylation sites is 2. The molecular weight excluding hydrogens is 542 g/mol. The van der Waals surface area contributed by atoms with E-state index in [0.717, 1.165) is 41.6 Å². The Morgan fingerprint density at radius 2 is 1.67 bits per heavy atom. The van der Waals surface area contributed by atoms with E-state index in [1.807, 2.05) is 47.8 Å². The molecule has 43 heavy (non-hydrogen) atoms. The van der Waals surface area contributed by atoms with Crippen LogP contribution in [0.25, 0.3) is 11.0 Å². The first-order valence-electron chi connectivity index (χ1n) is 16.6. The molecule has 3 heterocycles. The number of carbonyl (C=O) groups is 1. The van der Waals surface area contributed by atoms with Gasteiger partial charge in [0.25, 0.3) is 5.56 Å². The van der Waals surface area contributed by atoms with E-state index in [0.29, 0.717) is 37.0 Å². The highest BCUT2D eigenvalue weighted by molar-refractivity contribution is 6.00. The highest BCUT2D eigenvalue weighted by Gasteiger charge is 2.46. The van der Waals surface area contributed by atoms with Gasteiger partial charge in [-0.05, 0) is 102 Å². The number of hydrogen-bond donors (Lipinski definition) is 1. The summed E-state index contributed by atoms with van der Waals surface area (Å²) in [7, 11) is 3.89. The van der Waals surface area contributed by atoms with E-state index >= 15 is 0 Å². The average Bonchev–Trinajstić information content (AvgIpc) is 2.95. The lowest BCUT2D eigenvalue weighted by Crippen LogP contribution is -2.59. The number of hydrogen-bond acceptors (Lipinski definition) is 7. The topological polar surface area (TPSA) is 100 Å². The second-order valence-electron chi connectivity index (χ2n) is 14.2. The highest BCUT2D eigenvalue weighted by atomic mass is 16.6. The average molecular weight is 592 g/mol. The molecule has 1 aromatic carbocycles. The molecule has 9 heteroatoms. The largest absolute Gasteiger partial charge is 0.481 e. The number of rotatable bonds is 10. The van der Waals surface area contributed by atoms with Gasteiger partial charge in [0.15, 0.2) is 5.69 Å². The summed E-state index contributed by atoms with van der Waals surface area (Å²) in [4.78, 5) is 41.1. The third-order valence-corrected chi connectivity index (χ3v) is 10.6. The van der Waals surface area contributed by atoms with Crippen LogP contribution in [0.3, 0.4) is 0 Å². The molecule has 234 valence electrons. The smallest absolute Gasteiger partial charge is 0.303 e. The zero-order valence-corrected chi connectivity index (χ0v) is 26.2. The normalized spacial score (nSPS) is 31.3. The zero-order chi connectivity index (χ0) is 30.1. The third-order valence-electron chi connectivity index (χ3n) is 10.6. The number of fused-ring (bicyclic) bond motifs is 5. The van der Waals surface area contributed by atoms with E-state index in [1.54, 1.807) is 0 Å². The number of nitrogens with zero attached hydrogens (tertiary/aromatic N) is 5. The van der Waals surface area contributed by atoms with Gasteiger partial charge < -0.3 is 19.4 Å². The van der Waals surface area contributed by atoms with Crippen LogP contribution in [0.5, 0.6) is 0 Å². The lowest BCUT2D eigenvalue weighted by molar-refractivity contribution is -0.136. The van der Waals surface area contributed by atoms with E-state index in [2.05, 4.69) is 17.0 Å². The van der Waals surface area contributed by atoms with Crippen LogP contribution in [0.15, 0.2) is 34.2 Å². The molecular formula is C34H49N5O4. The van der Waals surface area contributed by atoms with Gasteiger partial charge in [-0.25, -0.2) is 4.98 Å². The molecule has 5 atom stereocenters. The van der Waals surface area contributed by atoms with Gasteiger partial charge in [0.05, 0.1) is 17.5 Å². The first-order chi connectivity index (χ1) is 20.8. The van der Waals surface area contributed by atoms with Crippen molar-refractivity contribution in [2.45, 2.75) is 108 Å². The molecule has 1 aromatic heterocycles. The molecule has 2 aliphatic heterocycles. The maximum Gasteiger partial charge on any atom is 0.303 e. The number of aliphatic carboxylic acids is 1. The van der Waals surface area contributed by atoms with Crippen molar-refractivity contribution in [1.29, 1.82) is 0 Å². The van der Waals surface area contributed by atoms with Crippen LogP contribution < -0.4 is 5.56 Å². The van der Waals surface area contributed by atoms with Gasteiger partial charge in [-0.15, -0.1) is 0 Å². The minimum atomic E-state index is -0.941. The Kier molecular flexibility index (Phi) is 9.19. The SMILES string of the molecule is CC1CC2CC(C1)CC(N1[C@@H]3CCC[C@H]1CC(n1c(=O)c(C(CCC(=O)O)=NOCCN(C)C)nc4ccccc41)C3)C2. The number of piperidine rings is 2. The summed E-state index contributed by atoms with van der Waals surface area (Å²) in [5.74, 6) is 1.69. The van der Waals surface area contributed by atoms with Crippen molar-refractivity contribution >= 4 is 22.7 Å². The minimum absolute atomic E-state index is 0.0733. The number of carboxylic acid groups (broad SMARTS) is 1. The molecule has 6 rings (SSSR count). The van der Waals surface area contributed by atoms with Crippen molar-refractivity contribution in [3.8, 4) is 0 Å². The Morgan fingerprint density at radius 1 is 0.977 bits per heavy atom. The van der Waals surface area contributed by atoms with Crippen molar-refractivity contribution in [3.63, 3.8) is 0 Å². The monoisotopic (exact) mass is 591 g/mol. The Morgan fingerprint density at radius 3 is 2.35 bits per heavy atom. The second kappa shape index (κ2) is 13.1. The Balaban J connectivity index is 1.31. The molecule has 4 aliphatic rings. The Hall–Kier alpha value is -2.78. The van der Waals surface area contributed by atoms with E-state index in [1.165, 1.54) is 51.4 Å². The summed E-state index contributed by atoms with van der Waals surface area (Å²) in [6.45, 7) is 3.45. The molecule has 2 saturated heterocycles. The summed E-state index contributed by atoms with van der Waals surface area (Å²) >= 11 is 0. The number of oxime groups is 1. The van der Waals surface area contributed by atoms with Gasteiger partial charge >= 0.3 is 5.97 Å². The third kappa shape index (κ3) is 6.68. The summed E-state index contributed by atoms with van der Waals surface area (Å²) in [6, 6.07) is 9.60. The maximum atomic E-state index is 14.4. The fraction of sp³-hybridized carbons (Fsp3) is 0.706.